The van der Waals surface area contributed by atoms with Crippen molar-refractivity contribution in [1.29, 1.82) is 0 Å². The van der Waals surface area contributed by atoms with Crippen LogP contribution in [0.4, 0.5) is 11.5 Å². The van der Waals surface area contributed by atoms with Crippen LogP contribution in [0.15, 0.2) is 42.5 Å². The Morgan fingerprint density at radius 3 is 2.64 bits per heavy atom. The lowest BCUT2D eigenvalue weighted by Crippen LogP contribution is -2.23. The molecule has 0 unspecified atom stereocenters. The van der Waals surface area contributed by atoms with Crippen LogP contribution in [0.2, 0.25) is 0 Å². The summed E-state index contributed by atoms with van der Waals surface area (Å²) in [6.45, 7) is 9.56. The molecule has 5 heteroatoms. The molecular formula is C28H32N4O. The summed E-state index contributed by atoms with van der Waals surface area (Å²) in [5.41, 5.74) is 10.4. The number of hydrogen-bond donors (Lipinski definition) is 0. The third kappa shape index (κ3) is 3.65. The molecule has 5 nitrogen and oxygen atoms in total. The maximum atomic E-state index is 5.44. The predicted octanol–water partition coefficient (Wildman–Crippen LogP) is 6.37. The van der Waals surface area contributed by atoms with Crippen LogP contribution in [0, 0.1) is 20.8 Å². The summed E-state index contributed by atoms with van der Waals surface area (Å²) in [6, 6.07) is 15.0. The number of nitrogens with zero attached hydrogens (tertiary/aromatic N) is 4. The molecule has 4 aromatic rings. The molecule has 33 heavy (non-hydrogen) atoms. The lowest BCUT2D eigenvalue weighted by Gasteiger charge is -2.27. The summed E-state index contributed by atoms with van der Waals surface area (Å²) < 4.78 is 7.55. The van der Waals surface area contributed by atoms with E-state index in [1.807, 2.05) is 6.07 Å². The van der Waals surface area contributed by atoms with Gasteiger partial charge in [0.2, 0.25) is 0 Å². The lowest BCUT2D eigenvalue weighted by molar-refractivity contribution is 0.414. The summed E-state index contributed by atoms with van der Waals surface area (Å²) >= 11 is 0. The highest BCUT2D eigenvalue weighted by atomic mass is 16.5. The second kappa shape index (κ2) is 8.54. The number of anilines is 2. The molecule has 0 spiro atoms. The van der Waals surface area contributed by atoms with E-state index in [0.29, 0.717) is 0 Å². The summed E-state index contributed by atoms with van der Waals surface area (Å²) in [7, 11) is 1.71. The van der Waals surface area contributed by atoms with Gasteiger partial charge in [0.15, 0.2) is 5.65 Å². The average molecular weight is 441 g/mol. The van der Waals surface area contributed by atoms with Crippen LogP contribution in [0.5, 0.6) is 5.75 Å². The average Bonchev–Trinajstić information content (AvgIpc) is 3.40. The van der Waals surface area contributed by atoms with Crippen molar-refractivity contribution in [3.05, 3.63) is 70.5 Å². The third-order valence-corrected chi connectivity index (χ3v) is 6.66. The first-order chi connectivity index (χ1) is 16.0. The molecule has 5 rings (SSSR count). The molecule has 0 fully saturated rings. The van der Waals surface area contributed by atoms with Gasteiger partial charge in [-0.15, -0.1) is 0 Å². The zero-order valence-electron chi connectivity index (χ0n) is 20.3. The monoisotopic (exact) mass is 440 g/mol. The first kappa shape index (κ1) is 21.5. The number of benzene rings is 2. The largest absolute Gasteiger partial charge is 0.497 e. The van der Waals surface area contributed by atoms with E-state index >= 15 is 0 Å². The molecule has 0 amide bonds. The second-order valence-electron chi connectivity index (χ2n) is 9.08. The van der Waals surface area contributed by atoms with Gasteiger partial charge in [0.25, 0.3) is 0 Å². The number of methoxy groups -OCH3 is 1. The normalized spacial score (nSPS) is 12.9. The molecule has 0 aliphatic heterocycles. The van der Waals surface area contributed by atoms with Crippen LogP contribution in [0.25, 0.3) is 16.8 Å². The van der Waals surface area contributed by atoms with Crippen molar-refractivity contribution in [3.8, 4) is 16.9 Å². The van der Waals surface area contributed by atoms with Gasteiger partial charge in [0.1, 0.15) is 11.6 Å². The van der Waals surface area contributed by atoms with E-state index < -0.39 is 0 Å². The Balaban J connectivity index is 1.79. The van der Waals surface area contributed by atoms with E-state index in [9.17, 15) is 0 Å². The zero-order valence-corrected chi connectivity index (χ0v) is 20.3. The fourth-order valence-electron chi connectivity index (χ4n) is 5.13. The smallest absolute Gasteiger partial charge is 0.165 e. The van der Waals surface area contributed by atoms with E-state index in [1.165, 1.54) is 33.9 Å². The first-order valence-corrected chi connectivity index (χ1v) is 11.9. The summed E-state index contributed by atoms with van der Waals surface area (Å²) in [5, 5.41) is 5.08. The zero-order chi connectivity index (χ0) is 23.1. The van der Waals surface area contributed by atoms with Crippen molar-refractivity contribution >= 4 is 17.2 Å². The molecule has 170 valence electrons. The third-order valence-electron chi connectivity index (χ3n) is 6.66. The van der Waals surface area contributed by atoms with Crippen molar-refractivity contribution in [2.75, 3.05) is 18.6 Å². The van der Waals surface area contributed by atoms with Gasteiger partial charge in [0, 0.05) is 29.1 Å². The molecule has 2 heterocycles. The predicted molar refractivity (Wildman–Crippen MR) is 135 cm³/mol. The first-order valence-electron chi connectivity index (χ1n) is 11.9. The minimum Gasteiger partial charge on any atom is -0.497 e. The molecule has 1 aliphatic rings. The van der Waals surface area contributed by atoms with Gasteiger partial charge in [-0.3, -0.25) is 0 Å². The van der Waals surface area contributed by atoms with Crippen LogP contribution < -0.4 is 9.64 Å². The molecule has 2 aromatic heterocycles. The Labute approximate surface area is 196 Å². The lowest BCUT2D eigenvalue weighted by atomic mass is 10.0. The van der Waals surface area contributed by atoms with Gasteiger partial charge in [-0.2, -0.15) is 9.61 Å². The molecule has 0 atom stereocenters. The van der Waals surface area contributed by atoms with Crippen LogP contribution in [-0.4, -0.2) is 28.3 Å². The van der Waals surface area contributed by atoms with Crippen molar-refractivity contribution in [2.45, 2.75) is 53.4 Å². The Morgan fingerprint density at radius 1 is 1.06 bits per heavy atom. The van der Waals surface area contributed by atoms with Crippen molar-refractivity contribution in [1.82, 2.24) is 14.6 Å². The van der Waals surface area contributed by atoms with E-state index in [-0.39, 0.29) is 0 Å². The Morgan fingerprint density at radius 2 is 1.91 bits per heavy atom. The summed E-state index contributed by atoms with van der Waals surface area (Å²) in [4.78, 5) is 7.64. The highest BCUT2D eigenvalue weighted by molar-refractivity contribution is 5.84. The maximum Gasteiger partial charge on any atom is 0.165 e. The molecule has 2 aromatic carbocycles. The van der Waals surface area contributed by atoms with Crippen LogP contribution >= 0.6 is 0 Å². The molecule has 0 radical (unpaired) electrons. The van der Waals surface area contributed by atoms with E-state index in [4.69, 9.17) is 14.8 Å². The Hall–Kier alpha value is -3.34. The molecular weight excluding hydrogens is 408 g/mol. The van der Waals surface area contributed by atoms with Crippen LogP contribution in [-0.2, 0) is 12.8 Å². The number of aromatic nitrogens is 3. The topological polar surface area (TPSA) is 42.7 Å². The van der Waals surface area contributed by atoms with Gasteiger partial charge in [-0.1, -0.05) is 25.1 Å². The van der Waals surface area contributed by atoms with Crippen LogP contribution in [0.1, 0.15) is 47.8 Å². The van der Waals surface area contributed by atoms with Gasteiger partial charge in [-0.05, 0) is 87.4 Å². The highest BCUT2D eigenvalue weighted by Crippen LogP contribution is 2.39. The van der Waals surface area contributed by atoms with Crippen molar-refractivity contribution in [3.63, 3.8) is 0 Å². The number of fused-ring (bicyclic) bond motifs is 2. The molecule has 0 N–H and O–H groups in total. The van der Waals surface area contributed by atoms with E-state index in [1.54, 1.807) is 7.11 Å². The molecule has 0 saturated heterocycles. The van der Waals surface area contributed by atoms with Gasteiger partial charge >= 0.3 is 0 Å². The SMILES string of the molecule is CCCN(c1cccc(C)c1)c1c2c(nc3c(-c4ccc(OC)cc4C)c(C)nn13)CCC2. The van der Waals surface area contributed by atoms with Crippen molar-refractivity contribution < 1.29 is 4.74 Å². The maximum absolute atomic E-state index is 5.44. The fourth-order valence-corrected chi connectivity index (χ4v) is 5.13. The standard InChI is InChI=1S/C28H32N4O/c1-6-15-31(21-10-7-9-18(2)16-21)28-24-11-8-12-25(24)29-27-26(20(4)30-32(27)28)23-14-13-22(33-5)17-19(23)3/h7,9-10,13-14,16-17H,6,8,11-12,15H2,1-5H3. The fraction of sp³-hybridized carbons (Fsp3) is 0.357. The van der Waals surface area contributed by atoms with Crippen molar-refractivity contribution in [2.24, 2.45) is 0 Å². The molecule has 1 aliphatic carbocycles. The van der Waals surface area contributed by atoms with Crippen LogP contribution in [0.3, 0.4) is 0 Å². The summed E-state index contributed by atoms with van der Waals surface area (Å²) in [6.07, 6.45) is 4.27. The minimum atomic E-state index is 0.869. The molecule has 0 saturated carbocycles. The highest BCUT2D eigenvalue weighted by Gasteiger charge is 2.28. The number of rotatable bonds is 6. The second-order valence-corrected chi connectivity index (χ2v) is 9.08. The minimum absolute atomic E-state index is 0.869. The Kier molecular flexibility index (Phi) is 5.57. The van der Waals surface area contributed by atoms with E-state index in [0.717, 1.165) is 60.4 Å². The van der Waals surface area contributed by atoms with Gasteiger partial charge in [-0.25, -0.2) is 4.98 Å². The number of hydrogen-bond acceptors (Lipinski definition) is 4. The number of aryl methyl sites for hydroxylation is 4. The van der Waals surface area contributed by atoms with Gasteiger partial charge < -0.3 is 9.64 Å². The van der Waals surface area contributed by atoms with Gasteiger partial charge in [0.05, 0.1) is 12.8 Å². The number of ether oxygens (including phenoxy) is 1. The van der Waals surface area contributed by atoms with E-state index in [2.05, 4.69) is 73.5 Å². The Bertz CT molecular complexity index is 1340. The molecule has 0 bridgehead atoms. The summed E-state index contributed by atoms with van der Waals surface area (Å²) in [5.74, 6) is 2.05. The quantitative estimate of drug-likeness (QED) is 0.349.